The lowest BCUT2D eigenvalue weighted by atomic mass is 10.1. The number of halogens is 4. The second kappa shape index (κ2) is 10.1. The number of carbonyl (C=O) groups is 1. The number of hydrogen-bond acceptors (Lipinski definition) is 6. The molecular formula is C25H21F4N7O. The van der Waals surface area contributed by atoms with Gasteiger partial charge in [-0.2, -0.15) is 23.3 Å². The van der Waals surface area contributed by atoms with E-state index in [0.29, 0.717) is 28.2 Å². The molecule has 4 aromatic rings. The molecule has 0 fully saturated rings. The summed E-state index contributed by atoms with van der Waals surface area (Å²) in [6.45, 7) is 5.17. The third-order valence-corrected chi connectivity index (χ3v) is 5.24. The van der Waals surface area contributed by atoms with Crippen molar-refractivity contribution in [3.63, 3.8) is 0 Å². The van der Waals surface area contributed by atoms with Crippen molar-refractivity contribution in [2.75, 3.05) is 16.0 Å². The van der Waals surface area contributed by atoms with Crippen molar-refractivity contribution in [1.29, 1.82) is 0 Å². The van der Waals surface area contributed by atoms with Crippen molar-refractivity contribution in [3.05, 3.63) is 84.6 Å². The van der Waals surface area contributed by atoms with Gasteiger partial charge in [-0.05, 0) is 48.9 Å². The van der Waals surface area contributed by atoms with Gasteiger partial charge in [0.2, 0.25) is 11.9 Å². The molecule has 8 nitrogen and oxygen atoms in total. The zero-order valence-corrected chi connectivity index (χ0v) is 19.7. The predicted octanol–water partition coefficient (Wildman–Crippen LogP) is 5.96. The fourth-order valence-corrected chi connectivity index (χ4v) is 3.45. The van der Waals surface area contributed by atoms with Crippen LogP contribution in [0.25, 0.3) is 11.1 Å². The maximum Gasteiger partial charge on any atom is 0.416 e. The van der Waals surface area contributed by atoms with E-state index in [1.165, 1.54) is 30.5 Å². The first kappa shape index (κ1) is 25.4. The number of carbonyl (C=O) groups excluding carboxylic acids is 1. The second-order valence-electron chi connectivity index (χ2n) is 7.97. The molecule has 0 saturated heterocycles. The van der Waals surface area contributed by atoms with E-state index in [9.17, 15) is 22.4 Å². The first-order valence-corrected chi connectivity index (χ1v) is 10.9. The monoisotopic (exact) mass is 511 g/mol. The summed E-state index contributed by atoms with van der Waals surface area (Å²) in [4.78, 5) is 20.4. The molecule has 12 heteroatoms. The maximum atomic E-state index is 14.7. The van der Waals surface area contributed by atoms with Crippen LogP contribution in [-0.4, -0.2) is 25.7 Å². The summed E-state index contributed by atoms with van der Waals surface area (Å²) in [5, 5.41) is 12.7. The molecule has 0 aliphatic rings. The van der Waals surface area contributed by atoms with Gasteiger partial charge < -0.3 is 16.0 Å². The summed E-state index contributed by atoms with van der Waals surface area (Å²) in [5.41, 5.74) is 1.47. The first-order chi connectivity index (χ1) is 17.5. The number of alkyl halides is 3. The summed E-state index contributed by atoms with van der Waals surface area (Å²) in [6, 6.07) is 8.32. The fraction of sp³-hybridized carbons (Fsp3) is 0.120. The maximum absolute atomic E-state index is 14.7. The van der Waals surface area contributed by atoms with Gasteiger partial charge in [-0.3, -0.25) is 9.48 Å². The number of anilines is 5. The minimum Gasteiger partial charge on any atom is -0.337 e. The van der Waals surface area contributed by atoms with Gasteiger partial charge in [0, 0.05) is 30.7 Å². The average Bonchev–Trinajstić information content (AvgIpc) is 3.17. The molecular weight excluding hydrogens is 490 g/mol. The Morgan fingerprint density at radius 3 is 2.43 bits per heavy atom. The summed E-state index contributed by atoms with van der Waals surface area (Å²) < 4.78 is 55.5. The van der Waals surface area contributed by atoms with E-state index in [1.54, 1.807) is 24.9 Å². The molecule has 0 aliphatic heterocycles. The smallest absolute Gasteiger partial charge is 0.337 e. The number of aromatic nitrogens is 4. The van der Waals surface area contributed by atoms with Gasteiger partial charge in [-0.1, -0.05) is 18.7 Å². The topological polar surface area (TPSA) is 96.8 Å². The quantitative estimate of drug-likeness (QED) is 0.209. The van der Waals surface area contributed by atoms with Crippen LogP contribution in [-0.2, 0) is 18.0 Å². The molecule has 0 saturated carbocycles. The van der Waals surface area contributed by atoms with Crippen LogP contribution in [0, 0.1) is 12.7 Å². The van der Waals surface area contributed by atoms with Gasteiger partial charge in [0.15, 0.2) is 0 Å². The normalized spacial score (nSPS) is 11.2. The third kappa shape index (κ3) is 5.92. The van der Waals surface area contributed by atoms with E-state index < -0.39 is 23.5 Å². The van der Waals surface area contributed by atoms with Gasteiger partial charge in [-0.15, -0.1) is 0 Å². The van der Waals surface area contributed by atoms with E-state index in [2.05, 4.69) is 37.6 Å². The molecule has 190 valence electrons. The Balaban J connectivity index is 1.75. The van der Waals surface area contributed by atoms with Gasteiger partial charge in [-0.25, -0.2) is 9.37 Å². The largest absolute Gasteiger partial charge is 0.416 e. The minimum absolute atomic E-state index is 0.0303. The Labute approximate surface area is 209 Å². The number of rotatable bonds is 7. The lowest BCUT2D eigenvalue weighted by Crippen LogP contribution is -2.08. The highest BCUT2D eigenvalue weighted by Crippen LogP contribution is 2.34. The highest BCUT2D eigenvalue weighted by molar-refractivity contribution is 5.99. The van der Waals surface area contributed by atoms with Gasteiger partial charge in [0.25, 0.3) is 0 Å². The molecule has 0 unspecified atom stereocenters. The Kier molecular flexibility index (Phi) is 6.92. The van der Waals surface area contributed by atoms with E-state index in [1.807, 2.05) is 0 Å². The third-order valence-electron chi connectivity index (χ3n) is 5.24. The molecule has 2 aromatic carbocycles. The minimum atomic E-state index is -4.50. The summed E-state index contributed by atoms with van der Waals surface area (Å²) >= 11 is 0. The fourth-order valence-electron chi connectivity index (χ4n) is 3.45. The second-order valence-corrected chi connectivity index (χ2v) is 7.97. The van der Waals surface area contributed by atoms with Gasteiger partial charge in [0.05, 0.1) is 22.6 Å². The highest BCUT2D eigenvalue weighted by Gasteiger charge is 2.30. The highest BCUT2D eigenvalue weighted by atomic mass is 19.4. The Morgan fingerprint density at radius 1 is 1.08 bits per heavy atom. The van der Waals surface area contributed by atoms with Crippen LogP contribution in [0.5, 0.6) is 0 Å². The molecule has 2 heterocycles. The van der Waals surface area contributed by atoms with Crippen LogP contribution in [0.15, 0.2) is 67.5 Å². The molecule has 0 aliphatic carbocycles. The van der Waals surface area contributed by atoms with Crippen LogP contribution in [0.2, 0.25) is 0 Å². The molecule has 37 heavy (non-hydrogen) atoms. The van der Waals surface area contributed by atoms with Crippen molar-refractivity contribution in [2.24, 2.45) is 7.05 Å². The lowest BCUT2D eigenvalue weighted by molar-refractivity contribution is -0.137. The zero-order valence-electron chi connectivity index (χ0n) is 19.7. The molecule has 3 N–H and O–H groups in total. The number of amides is 1. The number of nitrogens with one attached hydrogen (secondary N) is 3. The standard InChI is InChI=1S/C25H21F4N7O/c1-4-22(37)31-17-9-10-19(26)20(11-17)32-23-18(15-5-7-16(8-6-15)25(27,28)29)12-30-24(34-23)33-21-13-36(3)35-14(21)2/h4-13H,1H2,2-3H3,(H,31,37)(H2,30,32,33,34). The van der Waals surface area contributed by atoms with Gasteiger partial charge in [0.1, 0.15) is 11.6 Å². The predicted molar refractivity (Wildman–Crippen MR) is 132 cm³/mol. The number of aryl methyl sites for hydroxylation is 2. The van der Waals surface area contributed by atoms with E-state index in [0.717, 1.165) is 24.3 Å². The van der Waals surface area contributed by atoms with Crippen LogP contribution in [0.4, 0.5) is 46.4 Å². The van der Waals surface area contributed by atoms with Crippen LogP contribution in [0.3, 0.4) is 0 Å². The summed E-state index contributed by atoms with van der Waals surface area (Å²) in [5.74, 6) is -0.870. The number of hydrogen-bond donors (Lipinski definition) is 3. The summed E-state index contributed by atoms with van der Waals surface area (Å²) in [7, 11) is 1.75. The summed E-state index contributed by atoms with van der Waals surface area (Å²) in [6.07, 6.45) is -0.291. The number of nitrogens with zero attached hydrogens (tertiary/aromatic N) is 4. The van der Waals surface area contributed by atoms with Crippen LogP contribution >= 0.6 is 0 Å². The van der Waals surface area contributed by atoms with Crippen molar-refractivity contribution in [1.82, 2.24) is 19.7 Å². The van der Waals surface area contributed by atoms with Crippen molar-refractivity contribution in [3.8, 4) is 11.1 Å². The van der Waals surface area contributed by atoms with Crippen molar-refractivity contribution >= 4 is 34.7 Å². The molecule has 0 spiro atoms. The SMILES string of the molecule is C=CC(=O)Nc1ccc(F)c(Nc2nc(Nc3cn(C)nc3C)ncc2-c2ccc(C(F)(F)F)cc2)c1. The van der Waals surface area contributed by atoms with Crippen molar-refractivity contribution < 1.29 is 22.4 Å². The van der Waals surface area contributed by atoms with E-state index in [4.69, 9.17) is 0 Å². The molecule has 0 radical (unpaired) electrons. The first-order valence-electron chi connectivity index (χ1n) is 10.9. The Morgan fingerprint density at radius 2 is 1.81 bits per heavy atom. The number of benzene rings is 2. The molecule has 2 aromatic heterocycles. The molecule has 1 amide bonds. The zero-order chi connectivity index (χ0) is 26.7. The molecule has 0 bridgehead atoms. The van der Waals surface area contributed by atoms with Crippen molar-refractivity contribution in [2.45, 2.75) is 13.1 Å². The lowest BCUT2D eigenvalue weighted by Gasteiger charge is -2.15. The molecule has 4 rings (SSSR count). The van der Waals surface area contributed by atoms with Crippen LogP contribution in [0.1, 0.15) is 11.3 Å². The van der Waals surface area contributed by atoms with E-state index in [-0.39, 0.29) is 17.5 Å². The van der Waals surface area contributed by atoms with Crippen LogP contribution < -0.4 is 16.0 Å². The Hall–Kier alpha value is -4.74. The molecule has 0 atom stereocenters. The Bertz CT molecular complexity index is 1460. The van der Waals surface area contributed by atoms with Gasteiger partial charge >= 0.3 is 6.18 Å². The van der Waals surface area contributed by atoms with E-state index >= 15 is 0 Å². The average molecular weight is 511 g/mol.